The van der Waals surface area contributed by atoms with E-state index in [0.29, 0.717) is 37.2 Å². The highest BCUT2D eigenvalue weighted by Crippen LogP contribution is 2.39. The van der Waals surface area contributed by atoms with Gasteiger partial charge in [0.1, 0.15) is 23.3 Å². The fourth-order valence-electron chi connectivity index (χ4n) is 4.71. The molecule has 0 unspecified atom stereocenters. The van der Waals surface area contributed by atoms with Crippen LogP contribution in [0.5, 0.6) is 5.75 Å². The van der Waals surface area contributed by atoms with E-state index in [4.69, 9.17) is 9.47 Å². The van der Waals surface area contributed by atoms with E-state index in [9.17, 15) is 18.8 Å². The van der Waals surface area contributed by atoms with Crippen molar-refractivity contribution in [3.8, 4) is 5.75 Å². The smallest absolute Gasteiger partial charge is 0.257 e. The number of halogens is 1. The molecule has 4 rings (SSSR count). The second kappa shape index (κ2) is 10.0. The highest BCUT2D eigenvalue weighted by molar-refractivity contribution is 5.99. The Morgan fingerprint density at radius 2 is 1.71 bits per heavy atom. The van der Waals surface area contributed by atoms with Gasteiger partial charge in [0, 0.05) is 43.1 Å². The lowest BCUT2D eigenvalue weighted by Gasteiger charge is -2.44. The number of carbonyl (C=O) groups excluding carboxylic acids is 3. The number of methoxy groups -OCH3 is 1. The minimum Gasteiger partial charge on any atom is -0.497 e. The van der Waals surface area contributed by atoms with Gasteiger partial charge in [-0.05, 0) is 50.2 Å². The van der Waals surface area contributed by atoms with Gasteiger partial charge in [-0.3, -0.25) is 19.3 Å². The molecule has 1 atom stereocenters. The predicted octanol–water partition coefficient (Wildman–Crippen LogP) is 2.83. The first-order valence-corrected chi connectivity index (χ1v) is 11.7. The van der Waals surface area contributed by atoms with Gasteiger partial charge in [0.25, 0.3) is 11.8 Å². The Bertz CT molecular complexity index is 1110. The Balaban J connectivity index is 1.59. The fourth-order valence-corrected chi connectivity index (χ4v) is 4.71. The van der Waals surface area contributed by atoms with Crippen molar-refractivity contribution < 1.29 is 28.2 Å². The highest BCUT2D eigenvalue weighted by atomic mass is 19.1. The van der Waals surface area contributed by atoms with E-state index < -0.39 is 17.6 Å². The summed E-state index contributed by atoms with van der Waals surface area (Å²) < 4.78 is 25.1. The van der Waals surface area contributed by atoms with Crippen LogP contribution in [0.1, 0.15) is 47.4 Å². The number of piperidine rings is 1. The number of ether oxygens (including phenoxy) is 2. The Hall–Kier alpha value is -3.46. The number of likely N-dealkylation sites (tertiary alicyclic amines) is 1. The molecule has 0 aliphatic carbocycles. The first kappa shape index (κ1) is 24.7. The molecule has 35 heavy (non-hydrogen) atoms. The van der Waals surface area contributed by atoms with E-state index in [1.54, 1.807) is 35.2 Å². The van der Waals surface area contributed by atoms with Gasteiger partial charge in [-0.2, -0.15) is 0 Å². The first-order chi connectivity index (χ1) is 16.7. The number of nitrogens with one attached hydrogen (secondary N) is 1. The summed E-state index contributed by atoms with van der Waals surface area (Å²) in [5.74, 6) is -0.847. The normalized spacial score (nSPS) is 19.2. The zero-order valence-corrected chi connectivity index (χ0v) is 20.1. The Morgan fingerprint density at radius 3 is 2.34 bits per heavy atom. The molecule has 8 nitrogen and oxygen atoms in total. The first-order valence-electron chi connectivity index (χ1n) is 11.7. The zero-order chi connectivity index (χ0) is 25.2. The van der Waals surface area contributed by atoms with Crippen LogP contribution in [0, 0.1) is 5.82 Å². The molecule has 186 valence electrons. The van der Waals surface area contributed by atoms with E-state index in [-0.39, 0.29) is 35.9 Å². The van der Waals surface area contributed by atoms with Crippen LogP contribution in [-0.2, 0) is 9.53 Å². The number of hydrogen-bond acceptors (Lipinski definition) is 5. The predicted molar refractivity (Wildman–Crippen MR) is 126 cm³/mol. The lowest BCUT2D eigenvalue weighted by molar-refractivity contribution is -0.128. The average molecular weight is 484 g/mol. The molecular formula is C26H30FN3O5. The van der Waals surface area contributed by atoms with Crippen molar-refractivity contribution in [3.63, 3.8) is 0 Å². The summed E-state index contributed by atoms with van der Waals surface area (Å²) in [6.45, 7) is 4.38. The van der Waals surface area contributed by atoms with Crippen molar-refractivity contribution in [3.05, 3.63) is 65.5 Å². The fraction of sp³-hybridized carbons (Fsp3) is 0.423. The molecule has 2 saturated heterocycles. The monoisotopic (exact) mass is 483 g/mol. The van der Waals surface area contributed by atoms with Gasteiger partial charge < -0.3 is 19.7 Å². The van der Waals surface area contributed by atoms with Gasteiger partial charge in [-0.15, -0.1) is 0 Å². The molecule has 0 bridgehead atoms. The second-order valence-corrected chi connectivity index (χ2v) is 9.15. The molecule has 1 N–H and O–H groups in total. The Kier molecular flexibility index (Phi) is 7.07. The molecule has 2 fully saturated rings. The minimum atomic E-state index is -1.03. The molecular weight excluding hydrogens is 453 g/mol. The Morgan fingerprint density at radius 1 is 1.06 bits per heavy atom. The van der Waals surface area contributed by atoms with Gasteiger partial charge in [0.2, 0.25) is 5.91 Å². The van der Waals surface area contributed by atoms with Crippen LogP contribution < -0.4 is 10.1 Å². The molecule has 0 radical (unpaired) electrons. The molecule has 0 aromatic heterocycles. The van der Waals surface area contributed by atoms with E-state index >= 15 is 0 Å². The van der Waals surface area contributed by atoms with Gasteiger partial charge in [-0.1, -0.05) is 12.1 Å². The summed E-state index contributed by atoms with van der Waals surface area (Å²) in [5, 5.41) is 2.88. The van der Waals surface area contributed by atoms with Crippen LogP contribution in [-0.4, -0.2) is 72.1 Å². The number of hydrogen-bond donors (Lipinski definition) is 1. The maximum atomic E-state index is 13.8. The number of benzene rings is 2. The van der Waals surface area contributed by atoms with Crippen molar-refractivity contribution >= 4 is 17.7 Å². The zero-order valence-electron chi connectivity index (χ0n) is 20.1. The van der Waals surface area contributed by atoms with Gasteiger partial charge in [-0.25, -0.2) is 4.39 Å². The lowest BCUT2D eigenvalue weighted by Crippen LogP contribution is -2.60. The summed E-state index contributed by atoms with van der Waals surface area (Å²) in [7, 11) is 1.52. The summed E-state index contributed by atoms with van der Waals surface area (Å²) in [5.41, 5.74) is -0.376. The molecule has 2 aliphatic heterocycles. The van der Waals surface area contributed by atoms with Crippen LogP contribution in [0.3, 0.4) is 0 Å². The molecule has 2 heterocycles. The number of nitrogens with zero attached hydrogens (tertiary/aromatic N) is 2. The summed E-state index contributed by atoms with van der Waals surface area (Å²) >= 11 is 0. The topological polar surface area (TPSA) is 88.2 Å². The SMILES string of the molecule is COc1cccc(C(=O)N2[C@@H](C(=O)NC(C)C)COC23CCN(C(=O)c2cccc(F)c2)CC3)c1. The van der Waals surface area contributed by atoms with E-state index in [1.165, 1.54) is 30.2 Å². The third-order valence-electron chi connectivity index (χ3n) is 6.43. The van der Waals surface area contributed by atoms with Crippen molar-refractivity contribution in [2.24, 2.45) is 0 Å². The van der Waals surface area contributed by atoms with Gasteiger partial charge in [0.15, 0.2) is 0 Å². The second-order valence-electron chi connectivity index (χ2n) is 9.15. The largest absolute Gasteiger partial charge is 0.497 e. The van der Waals surface area contributed by atoms with Crippen molar-refractivity contribution in [1.29, 1.82) is 0 Å². The third-order valence-corrected chi connectivity index (χ3v) is 6.43. The summed E-state index contributed by atoms with van der Waals surface area (Å²) in [6, 6.07) is 11.5. The van der Waals surface area contributed by atoms with Crippen molar-refractivity contribution in [1.82, 2.24) is 15.1 Å². The van der Waals surface area contributed by atoms with Gasteiger partial charge >= 0.3 is 0 Å². The third kappa shape index (κ3) is 5.00. The quantitative estimate of drug-likeness (QED) is 0.707. The maximum Gasteiger partial charge on any atom is 0.257 e. The van der Waals surface area contributed by atoms with E-state index in [0.717, 1.165) is 0 Å². The average Bonchev–Trinajstić information content (AvgIpc) is 3.21. The van der Waals surface area contributed by atoms with Crippen molar-refractivity contribution in [2.45, 2.75) is 44.5 Å². The van der Waals surface area contributed by atoms with Crippen LogP contribution >= 0.6 is 0 Å². The van der Waals surface area contributed by atoms with Crippen molar-refractivity contribution in [2.75, 3.05) is 26.8 Å². The minimum absolute atomic E-state index is 0.0616. The molecule has 1 spiro atoms. The molecule has 0 saturated carbocycles. The van der Waals surface area contributed by atoms with E-state index in [1.807, 2.05) is 13.8 Å². The Labute approximate surface area is 204 Å². The standard InChI is InChI=1S/C26H30FN3O5/c1-17(2)28-23(31)22-16-35-26(30(22)25(33)19-7-5-9-21(15-19)34-3)10-12-29(13-11-26)24(32)18-6-4-8-20(27)14-18/h4-9,14-15,17,22H,10-13,16H2,1-3H3,(H,28,31)/t22-/m1/s1. The van der Waals surface area contributed by atoms with Crippen LogP contribution in [0.15, 0.2) is 48.5 Å². The number of rotatable bonds is 5. The summed E-state index contributed by atoms with van der Waals surface area (Å²) in [6.07, 6.45) is 0.657. The maximum absolute atomic E-state index is 13.8. The summed E-state index contributed by atoms with van der Waals surface area (Å²) in [4.78, 5) is 42.9. The highest BCUT2D eigenvalue weighted by Gasteiger charge is 2.54. The molecule has 3 amide bonds. The molecule has 9 heteroatoms. The van der Waals surface area contributed by atoms with Crippen LogP contribution in [0.25, 0.3) is 0 Å². The lowest BCUT2D eigenvalue weighted by atomic mass is 9.96. The number of carbonyl (C=O) groups is 3. The molecule has 2 aromatic rings. The van der Waals surface area contributed by atoms with Crippen LogP contribution in [0.2, 0.25) is 0 Å². The van der Waals surface area contributed by atoms with Gasteiger partial charge in [0.05, 0.1) is 13.7 Å². The van der Waals surface area contributed by atoms with Crippen LogP contribution in [0.4, 0.5) is 4.39 Å². The molecule has 2 aromatic carbocycles. The van der Waals surface area contributed by atoms with E-state index in [2.05, 4.69) is 5.32 Å². The number of amides is 3. The molecule has 2 aliphatic rings.